The lowest BCUT2D eigenvalue weighted by Gasteiger charge is -2.34. The molecule has 0 N–H and O–H groups in total. The largest absolute Gasteiger partial charge is 0.469 e. The van der Waals surface area contributed by atoms with Crippen molar-refractivity contribution < 1.29 is 18.7 Å². The van der Waals surface area contributed by atoms with E-state index in [0.29, 0.717) is 30.9 Å². The van der Waals surface area contributed by atoms with Crippen LogP contribution in [0.4, 0.5) is 4.39 Å². The summed E-state index contributed by atoms with van der Waals surface area (Å²) in [5, 5.41) is 4.35. The van der Waals surface area contributed by atoms with Gasteiger partial charge in [-0.1, -0.05) is 6.92 Å². The lowest BCUT2D eigenvalue weighted by molar-refractivity contribution is -0.147. The minimum Gasteiger partial charge on any atom is -0.469 e. The lowest BCUT2D eigenvalue weighted by atomic mass is 9.90. The zero-order valence-corrected chi connectivity index (χ0v) is 15.1. The average molecular weight is 359 g/mol. The van der Waals surface area contributed by atoms with Crippen LogP contribution in [0.3, 0.4) is 0 Å². The molecule has 2 heterocycles. The van der Waals surface area contributed by atoms with Crippen LogP contribution in [0.2, 0.25) is 0 Å². The second-order valence-corrected chi connectivity index (χ2v) is 6.85. The Balaban J connectivity index is 1.80. The van der Waals surface area contributed by atoms with Crippen molar-refractivity contribution in [3.8, 4) is 5.69 Å². The number of rotatable bonds is 3. The van der Waals surface area contributed by atoms with Crippen molar-refractivity contribution in [2.75, 3.05) is 20.2 Å². The first kappa shape index (κ1) is 18.1. The van der Waals surface area contributed by atoms with E-state index in [0.717, 1.165) is 5.56 Å². The molecule has 0 radical (unpaired) electrons. The molecule has 7 heteroatoms. The van der Waals surface area contributed by atoms with Crippen LogP contribution < -0.4 is 0 Å². The van der Waals surface area contributed by atoms with Crippen LogP contribution in [0, 0.1) is 24.6 Å². The van der Waals surface area contributed by atoms with E-state index < -0.39 is 0 Å². The van der Waals surface area contributed by atoms with E-state index in [-0.39, 0.29) is 29.5 Å². The first-order valence-electron chi connectivity index (χ1n) is 8.58. The summed E-state index contributed by atoms with van der Waals surface area (Å²) in [5.41, 5.74) is 1.74. The summed E-state index contributed by atoms with van der Waals surface area (Å²) in [6.45, 7) is 4.71. The highest BCUT2D eigenvalue weighted by Crippen LogP contribution is 2.24. The zero-order chi connectivity index (χ0) is 18.8. The SMILES string of the molecule is COC(=O)C1CC(C)CN(C(=O)c2ccn(-c3ccc(F)cc3C)n2)C1. The van der Waals surface area contributed by atoms with Gasteiger partial charge in [0.05, 0.1) is 18.7 Å². The molecule has 26 heavy (non-hydrogen) atoms. The standard InChI is InChI=1S/C19H22FN3O3/c1-12-8-14(19(25)26-3)11-22(10-12)18(24)16-6-7-23(21-16)17-5-4-15(20)9-13(17)2/h4-7,9,12,14H,8,10-11H2,1-3H3. The Morgan fingerprint density at radius 2 is 2.04 bits per heavy atom. The van der Waals surface area contributed by atoms with Gasteiger partial charge in [0.2, 0.25) is 0 Å². The molecule has 1 fully saturated rings. The Kier molecular flexibility index (Phi) is 5.06. The number of benzene rings is 1. The molecular weight excluding hydrogens is 337 g/mol. The van der Waals surface area contributed by atoms with Gasteiger partial charge in [-0.05, 0) is 49.1 Å². The first-order chi connectivity index (χ1) is 12.4. The van der Waals surface area contributed by atoms with Gasteiger partial charge in [-0.15, -0.1) is 0 Å². The molecule has 0 aliphatic carbocycles. The number of piperidine rings is 1. The van der Waals surface area contributed by atoms with Gasteiger partial charge in [-0.3, -0.25) is 9.59 Å². The van der Waals surface area contributed by atoms with Gasteiger partial charge < -0.3 is 9.64 Å². The van der Waals surface area contributed by atoms with E-state index in [1.165, 1.54) is 19.2 Å². The highest BCUT2D eigenvalue weighted by molar-refractivity contribution is 5.92. The number of hydrogen-bond acceptors (Lipinski definition) is 4. The summed E-state index contributed by atoms with van der Waals surface area (Å²) in [4.78, 5) is 26.3. The van der Waals surface area contributed by atoms with Crippen LogP contribution in [0.25, 0.3) is 5.69 Å². The highest BCUT2D eigenvalue weighted by atomic mass is 19.1. The predicted octanol–water partition coefficient (Wildman–Crippen LogP) is 2.59. The van der Waals surface area contributed by atoms with E-state index in [1.807, 2.05) is 6.92 Å². The number of aryl methyl sites for hydroxylation is 1. The smallest absolute Gasteiger partial charge is 0.310 e. The number of likely N-dealkylation sites (tertiary alicyclic amines) is 1. The molecule has 138 valence electrons. The number of carbonyl (C=O) groups excluding carboxylic acids is 2. The van der Waals surface area contributed by atoms with Gasteiger partial charge in [0.25, 0.3) is 5.91 Å². The second-order valence-electron chi connectivity index (χ2n) is 6.85. The number of hydrogen-bond donors (Lipinski definition) is 0. The van der Waals surface area contributed by atoms with Crippen molar-refractivity contribution >= 4 is 11.9 Å². The molecule has 1 aromatic carbocycles. The monoisotopic (exact) mass is 359 g/mol. The maximum absolute atomic E-state index is 13.3. The van der Waals surface area contributed by atoms with E-state index in [2.05, 4.69) is 5.10 Å². The van der Waals surface area contributed by atoms with Crippen molar-refractivity contribution in [3.63, 3.8) is 0 Å². The third kappa shape index (κ3) is 3.61. The van der Waals surface area contributed by atoms with Gasteiger partial charge >= 0.3 is 5.97 Å². The zero-order valence-electron chi connectivity index (χ0n) is 15.1. The van der Waals surface area contributed by atoms with Crippen molar-refractivity contribution in [1.82, 2.24) is 14.7 Å². The van der Waals surface area contributed by atoms with Crippen molar-refractivity contribution in [1.29, 1.82) is 0 Å². The summed E-state index contributed by atoms with van der Waals surface area (Å²) in [5.74, 6) is -0.927. The van der Waals surface area contributed by atoms with Gasteiger partial charge in [0.15, 0.2) is 5.69 Å². The molecule has 2 atom stereocenters. The Morgan fingerprint density at radius 1 is 1.27 bits per heavy atom. The average Bonchev–Trinajstić information content (AvgIpc) is 3.09. The van der Waals surface area contributed by atoms with Gasteiger partial charge in [0.1, 0.15) is 5.82 Å². The third-order valence-electron chi connectivity index (χ3n) is 4.70. The lowest BCUT2D eigenvalue weighted by Crippen LogP contribution is -2.46. The van der Waals surface area contributed by atoms with Gasteiger partial charge in [-0.25, -0.2) is 9.07 Å². The van der Waals surface area contributed by atoms with Crippen LogP contribution in [0.1, 0.15) is 29.4 Å². The summed E-state index contributed by atoms with van der Waals surface area (Å²) in [7, 11) is 1.36. The van der Waals surface area contributed by atoms with Crippen molar-refractivity contribution in [3.05, 3.63) is 47.5 Å². The van der Waals surface area contributed by atoms with E-state index in [1.54, 1.807) is 34.8 Å². The molecule has 0 saturated carbocycles. The fourth-order valence-electron chi connectivity index (χ4n) is 3.46. The molecule has 1 aliphatic rings. The number of ether oxygens (including phenoxy) is 1. The summed E-state index contributed by atoms with van der Waals surface area (Å²) in [6, 6.07) is 6.05. The van der Waals surface area contributed by atoms with E-state index in [4.69, 9.17) is 4.74 Å². The summed E-state index contributed by atoms with van der Waals surface area (Å²) in [6.07, 6.45) is 2.39. The normalized spacial score (nSPS) is 20.1. The topological polar surface area (TPSA) is 64.4 Å². The second kappa shape index (κ2) is 7.27. The summed E-state index contributed by atoms with van der Waals surface area (Å²) >= 11 is 0. The Morgan fingerprint density at radius 3 is 2.73 bits per heavy atom. The van der Waals surface area contributed by atoms with Crippen molar-refractivity contribution in [2.24, 2.45) is 11.8 Å². The number of nitrogens with zero attached hydrogens (tertiary/aromatic N) is 3. The predicted molar refractivity (Wildman–Crippen MR) is 93.4 cm³/mol. The van der Waals surface area contributed by atoms with Crippen LogP contribution in [0.5, 0.6) is 0 Å². The molecule has 0 spiro atoms. The van der Waals surface area contributed by atoms with Crippen LogP contribution in [0.15, 0.2) is 30.5 Å². The molecule has 6 nitrogen and oxygen atoms in total. The highest BCUT2D eigenvalue weighted by Gasteiger charge is 2.33. The molecule has 2 unspecified atom stereocenters. The molecule has 1 amide bonds. The van der Waals surface area contributed by atoms with Crippen LogP contribution in [-0.2, 0) is 9.53 Å². The van der Waals surface area contributed by atoms with Gasteiger partial charge in [0, 0.05) is 19.3 Å². The molecule has 1 aromatic heterocycles. The number of carbonyl (C=O) groups is 2. The van der Waals surface area contributed by atoms with E-state index >= 15 is 0 Å². The molecule has 3 rings (SSSR count). The Labute approximate surface area is 151 Å². The Hall–Kier alpha value is -2.70. The van der Waals surface area contributed by atoms with Crippen LogP contribution >= 0.6 is 0 Å². The maximum Gasteiger partial charge on any atom is 0.310 e. The fourth-order valence-corrected chi connectivity index (χ4v) is 3.46. The van der Waals surface area contributed by atoms with Gasteiger partial charge in [-0.2, -0.15) is 5.10 Å². The van der Waals surface area contributed by atoms with E-state index in [9.17, 15) is 14.0 Å². The molecule has 1 saturated heterocycles. The number of esters is 1. The van der Waals surface area contributed by atoms with Crippen LogP contribution in [-0.4, -0.2) is 46.8 Å². The minimum atomic E-state index is -0.314. The Bertz CT molecular complexity index is 833. The molecular formula is C19H22FN3O3. The molecule has 2 aromatic rings. The number of methoxy groups -OCH3 is 1. The first-order valence-corrected chi connectivity index (χ1v) is 8.58. The molecule has 0 bridgehead atoms. The molecule has 1 aliphatic heterocycles. The van der Waals surface area contributed by atoms with Crippen molar-refractivity contribution in [2.45, 2.75) is 20.3 Å². The number of amides is 1. The number of halogens is 1. The quantitative estimate of drug-likeness (QED) is 0.790. The maximum atomic E-state index is 13.3. The minimum absolute atomic E-state index is 0.207. The third-order valence-corrected chi connectivity index (χ3v) is 4.70. The fraction of sp³-hybridized carbons (Fsp3) is 0.421. The summed E-state index contributed by atoms with van der Waals surface area (Å²) < 4.78 is 19.7. The number of aromatic nitrogens is 2.